The van der Waals surface area contributed by atoms with Gasteiger partial charge in [-0.05, 0) is 18.5 Å². The Hall–Kier alpha value is -1.44. The smallest absolute Gasteiger partial charge is 0.350 e. The summed E-state index contributed by atoms with van der Waals surface area (Å²) in [6.45, 7) is 2.13. The molecule has 0 unspecified atom stereocenters. The second-order valence-electron chi connectivity index (χ2n) is 4.43. The molecule has 1 fully saturated rings. The van der Waals surface area contributed by atoms with Gasteiger partial charge in [0, 0.05) is 19.1 Å². The highest BCUT2D eigenvalue weighted by Crippen LogP contribution is 2.23. The largest absolute Gasteiger partial charge is 0.465 e. The third-order valence-electron chi connectivity index (χ3n) is 3.09. The third kappa shape index (κ3) is 3.31. The summed E-state index contributed by atoms with van der Waals surface area (Å²) < 4.78 is 4.66. The highest BCUT2D eigenvalue weighted by Gasteiger charge is 2.23. The van der Waals surface area contributed by atoms with Crippen LogP contribution in [0.3, 0.4) is 0 Å². The van der Waals surface area contributed by atoms with Crippen LogP contribution in [0.2, 0.25) is 0 Å². The van der Waals surface area contributed by atoms with Crippen LogP contribution in [0.15, 0.2) is 11.4 Å². The van der Waals surface area contributed by atoms with E-state index in [0.717, 1.165) is 13.1 Å². The van der Waals surface area contributed by atoms with Gasteiger partial charge in [0.05, 0.1) is 19.3 Å². The zero-order chi connectivity index (χ0) is 13.8. The summed E-state index contributed by atoms with van der Waals surface area (Å²) in [7, 11) is 3.24. The van der Waals surface area contributed by atoms with Crippen molar-refractivity contribution in [1.29, 1.82) is 0 Å². The second kappa shape index (κ2) is 6.14. The molecule has 2 heterocycles. The molecule has 0 radical (unpaired) electrons. The lowest BCUT2D eigenvalue weighted by molar-refractivity contribution is -0.117. The Bertz CT molecular complexity index is 471. The van der Waals surface area contributed by atoms with Crippen LogP contribution in [-0.4, -0.2) is 56.6 Å². The first-order valence-electron chi connectivity index (χ1n) is 5.98. The molecule has 0 atom stereocenters. The molecule has 1 aromatic rings. The van der Waals surface area contributed by atoms with Gasteiger partial charge in [0.25, 0.3) is 0 Å². The summed E-state index contributed by atoms with van der Waals surface area (Å²) >= 11 is 1.25. The molecule has 1 amide bonds. The van der Waals surface area contributed by atoms with Gasteiger partial charge in [-0.2, -0.15) is 0 Å². The van der Waals surface area contributed by atoms with E-state index in [1.165, 1.54) is 18.4 Å². The molecular weight excluding hydrogens is 266 g/mol. The summed E-state index contributed by atoms with van der Waals surface area (Å²) in [5.74, 6) is -0.556. The van der Waals surface area contributed by atoms with Crippen LogP contribution in [0.4, 0.5) is 5.69 Å². The molecule has 2 N–H and O–H groups in total. The molecular formula is C12H17N3O3S. The van der Waals surface area contributed by atoms with Crippen molar-refractivity contribution in [3.63, 3.8) is 0 Å². The lowest BCUT2D eigenvalue weighted by atomic mass is 10.1. The minimum absolute atomic E-state index is 0.127. The van der Waals surface area contributed by atoms with Crippen molar-refractivity contribution in [2.75, 3.05) is 39.1 Å². The molecule has 7 heteroatoms. The lowest BCUT2D eigenvalue weighted by Crippen LogP contribution is -2.57. The van der Waals surface area contributed by atoms with E-state index < -0.39 is 5.97 Å². The fourth-order valence-corrected chi connectivity index (χ4v) is 2.55. The summed E-state index contributed by atoms with van der Waals surface area (Å²) in [5.41, 5.74) is 0.516. The van der Waals surface area contributed by atoms with E-state index in [2.05, 4.69) is 15.4 Å². The Morgan fingerprint density at radius 3 is 2.89 bits per heavy atom. The fraction of sp³-hybridized carbons (Fsp3) is 0.500. The van der Waals surface area contributed by atoms with Crippen LogP contribution in [-0.2, 0) is 9.53 Å². The summed E-state index contributed by atoms with van der Waals surface area (Å²) in [6, 6.07) is 2.12. The number of anilines is 1. The number of carbonyl (C=O) groups is 2. The minimum atomic E-state index is -0.429. The van der Waals surface area contributed by atoms with Crippen LogP contribution >= 0.6 is 11.3 Å². The van der Waals surface area contributed by atoms with E-state index in [1.54, 1.807) is 11.4 Å². The molecule has 19 heavy (non-hydrogen) atoms. The average Bonchev–Trinajstić information content (AvgIpc) is 2.73. The number of amides is 1. The zero-order valence-electron chi connectivity index (χ0n) is 10.9. The number of thiophene rings is 1. The Kier molecular flexibility index (Phi) is 4.52. The number of hydrogen-bond donors (Lipinski definition) is 2. The molecule has 0 saturated carbocycles. The van der Waals surface area contributed by atoms with Crippen molar-refractivity contribution in [2.24, 2.45) is 0 Å². The molecule has 1 aliphatic heterocycles. The first-order chi connectivity index (χ1) is 9.11. The molecule has 104 valence electrons. The van der Waals surface area contributed by atoms with E-state index in [0.29, 0.717) is 23.2 Å². The second-order valence-corrected chi connectivity index (χ2v) is 5.35. The standard InChI is InChI=1S/C12H17N3O3S/c1-15(8-5-13-6-8)7-10(16)14-9-3-4-19-11(9)12(17)18-2/h3-4,8,13H,5-7H2,1-2H3,(H,14,16). The first kappa shape index (κ1) is 14.0. The molecule has 0 aromatic carbocycles. The first-order valence-corrected chi connectivity index (χ1v) is 6.86. The Labute approximate surface area is 115 Å². The van der Waals surface area contributed by atoms with E-state index in [-0.39, 0.29) is 5.91 Å². The van der Waals surface area contributed by atoms with E-state index in [9.17, 15) is 9.59 Å². The number of carbonyl (C=O) groups excluding carboxylic acids is 2. The number of rotatable bonds is 5. The average molecular weight is 283 g/mol. The van der Waals surface area contributed by atoms with Crippen molar-refractivity contribution < 1.29 is 14.3 Å². The predicted molar refractivity (Wildman–Crippen MR) is 73.6 cm³/mol. The van der Waals surface area contributed by atoms with Gasteiger partial charge in [-0.25, -0.2) is 4.79 Å². The Morgan fingerprint density at radius 1 is 1.58 bits per heavy atom. The Balaban J connectivity index is 1.91. The SMILES string of the molecule is COC(=O)c1sccc1NC(=O)CN(C)C1CNC1. The quantitative estimate of drug-likeness (QED) is 0.764. The van der Waals surface area contributed by atoms with Gasteiger partial charge in [0.2, 0.25) is 5.91 Å². The maximum absolute atomic E-state index is 11.9. The highest BCUT2D eigenvalue weighted by molar-refractivity contribution is 7.12. The number of esters is 1. The predicted octanol–water partition coefficient (Wildman–Crippen LogP) is 0.377. The number of nitrogens with zero attached hydrogens (tertiary/aromatic N) is 1. The molecule has 2 rings (SSSR count). The normalized spacial score (nSPS) is 15.1. The highest BCUT2D eigenvalue weighted by atomic mass is 32.1. The molecule has 1 aliphatic rings. The summed E-state index contributed by atoms with van der Waals surface area (Å²) in [6.07, 6.45) is 0. The molecule has 1 saturated heterocycles. The van der Waals surface area contributed by atoms with Crippen molar-refractivity contribution in [3.05, 3.63) is 16.3 Å². The van der Waals surface area contributed by atoms with Crippen LogP contribution in [0, 0.1) is 0 Å². The number of nitrogens with one attached hydrogen (secondary N) is 2. The maximum Gasteiger partial charge on any atom is 0.350 e. The number of ether oxygens (including phenoxy) is 1. The van der Waals surface area contributed by atoms with E-state index >= 15 is 0 Å². The van der Waals surface area contributed by atoms with Crippen LogP contribution in [0.25, 0.3) is 0 Å². The summed E-state index contributed by atoms with van der Waals surface area (Å²) in [4.78, 5) is 25.8. The monoisotopic (exact) mass is 283 g/mol. The number of likely N-dealkylation sites (N-methyl/N-ethyl adjacent to an activating group) is 1. The van der Waals surface area contributed by atoms with Gasteiger partial charge >= 0.3 is 5.97 Å². The topological polar surface area (TPSA) is 70.7 Å². The van der Waals surface area contributed by atoms with Crippen LogP contribution < -0.4 is 10.6 Å². The van der Waals surface area contributed by atoms with Crippen molar-refractivity contribution in [1.82, 2.24) is 10.2 Å². The Morgan fingerprint density at radius 2 is 2.32 bits per heavy atom. The zero-order valence-corrected chi connectivity index (χ0v) is 11.8. The fourth-order valence-electron chi connectivity index (χ4n) is 1.79. The number of hydrogen-bond acceptors (Lipinski definition) is 6. The van der Waals surface area contributed by atoms with E-state index in [1.807, 2.05) is 11.9 Å². The van der Waals surface area contributed by atoms with Crippen molar-refractivity contribution in [3.8, 4) is 0 Å². The molecule has 0 bridgehead atoms. The van der Waals surface area contributed by atoms with Gasteiger partial charge in [0.15, 0.2) is 0 Å². The molecule has 0 aliphatic carbocycles. The lowest BCUT2D eigenvalue weighted by Gasteiger charge is -2.35. The third-order valence-corrected chi connectivity index (χ3v) is 3.98. The number of methoxy groups -OCH3 is 1. The van der Waals surface area contributed by atoms with Gasteiger partial charge in [-0.15, -0.1) is 11.3 Å². The minimum Gasteiger partial charge on any atom is -0.465 e. The molecule has 1 aromatic heterocycles. The molecule has 6 nitrogen and oxygen atoms in total. The van der Waals surface area contributed by atoms with E-state index in [4.69, 9.17) is 0 Å². The van der Waals surface area contributed by atoms with Crippen molar-refractivity contribution in [2.45, 2.75) is 6.04 Å². The molecule has 0 spiro atoms. The summed E-state index contributed by atoms with van der Waals surface area (Å²) in [5, 5.41) is 7.66. The van der Waals surface area contributed by atoms with Crippen LogP contribution in [0.5, 0.6) is 0 Å². The van der Waals surface area contributed by atoms with Crippen LogP contribution in [0.1, 0.15) is 9.67 Å². The van der Waals surface area contributed by atoms with Gasteiger partial charge in [0.1, 0.15) is 4.88 Å². The van der Waals surface area contributed by atoms with Gasteiger partial charge < -0.3 is 15.4 Å². The van der Waals surface area contributed by atoms with Gasteiger partial charge in [-0.3, -0.25) is 9.69 Å². The van der Waals surface area contributed by atoms with Gasteiger partial charge in [-0.1, -0.05) is 0 Å². The van der Waals surface area contributed by atoms with Crippen molar-refractivity contribution >= 4 is 28.9 Å². The maximum atomic E-state index is 11.9.